The van der Waals surface area contributed by atoms with Crippen LogP contribution in [0.25, 0.3) is 0 Å². The predicted molar refractivity (Wildman–Crippen MR) is 56.6 cm³/mol. The van der Waals surface area contributed by atoms with E-state index in [9.17, 15) is 5.11 Å². The van der Waals surface area contributed by atoms with E-state index in [4.69, 9.17) is 34.8 Å². The van der Waals surface area contributed by atoms with Gasteiger partial charge in [0.25, 0.3) is 0 Å². The summed E-state index contributed by atoms with van der Waals surface area (Å²) < 4.78 is 0. The van der Waals surface area contributed by atoms with Crippen LogP contribution in [0.5, 0.6) is 0 Å². The Balaban J connectivity index is 3.20. The number of rotatable bonds is 2. The average molecular weight is 238 g/mol. The molecule has 0 heterocycles. The third-order valence-electron chi connectivity index (χ3n) is 1.57. The second kappa shape index (κ2) is 4.34. The van der Waals surface area contributed by atoms with Crippen LogP contribution in [0.4, 0.5) is 0 Å². The number of hydrogen-bond donors (Lipinski definition) is 1. The van der Waals surface area contributed by atoms with Gasteiger partial charge >= 0.3 is 0 Å². The first-order chi connectivity index (χ1) is 6.06. The molecule has 0 aliphatic carbocycles. The molecule has 0 spiro atoms. The summed E-state index contributed by atoms with van der Waals surface area (Å²) in [7, 11) is 0. The van der Waals surface area contributed by atoms with Crippen LogP contribution in [0.2, 0.25) is 15.1 Å². The van der Waals surface area contributed by atoms with E-state index in [1.807, 2.05) is 0 Å². The predicted octanol–water partition coefficient (Wildman–Crippen LogP) is 3.87. The highest BCUT2D eigenvalue weighted by molar-refractivity contribution is 6.48. The largest absolute Gasteiger partial charge is 0.384 e. The fraction of sp³-hybridized carbons (Fsp3) is 0.111. The molecule has 1 atom stereocenters. The van der Waals surface area contributed by atoms with Gasteiger partial charge in [0.1, 0.15) is 0 Å². The fourth-order valence-corrected chi connectivity index (χ4v) is 1.50. The highest BCUT2D eigenvalue weighted by atomic mass is 35.5. The average Bonchev–Trinajstić information content (AvgIpc) is 2.12. The monoisotopic (exact) mass is 236 g/mol. The first-order valence-electron chi connectivity index (χ1n) is 3.51. The molecular formula is C9H7Cl3O. The van der Waals surface area contributed by atoms with Gasteiger partial charge < -0.3 is 5.11 Å². The zero-order chi connectivity index (χ0) is 10.0. The lowest BCUT2D eigenvalue weighted by atomic mass is 10.1. The first kappa shape index (κ1) is 10.9. The van der Waals surface area contributed by atoms with Crippen LogP contribution < -0.4 is 0 Å². The molecule has 0 saturated carbocycles. The highest BCUT2D eigenvalue weighted by Crippen LogP contribution is 2.33. The van der Waals surface area contributed by atoms with E-state index in [0.29, 0.717) is 20.6 Å². The van der Waals surface area contributed by atoms with Crippen LogP contribution in [-0.2, 0) is 0 Å². The first-order valence-corrected chi connectivity index (χ1v) is 4.64. The Hall–Kier alpha value is -0.210. The van der Waals surface area contributed by atoms with Crippen molar-refractivity contribution in [2.45, 2.75) is 6.10 Å². The van der Waals surface area contributed by atoms with Crippen molar-refractivity contribution in [1.29, 1.82) is 0 Å². The van der Waals surface area contributed by atoms with Crippen molar-refractivity contribution in [1.82, 2.24) is 0 Å². The number of hydrogen-bond acceptors (Lipinski definition) is 1. The van der Waals surface area contributed by atoms with E-state index in [-0.39, 0.29) is 0 Å². The number of aliphatic hydroxyl groups excluding tert-OH is 1. The molecule has 1 N–H and O–H groups in total. The van der Waals surface area contributed by atoms with Crippen LogP contribution in [0.1, 0.15) is 11.7 Å². The fourth-order valence-electron chi connectivity index (χ4n) is 0.882. The summed E-state index contributed by atoms with van der Waals surface area (Å²) in [5, 5.41) is 10.3. The zero-order valence-corrected chi connectivity index (χ0v) is 8.87. The topological polar surface area (TPSA) is 20.2 Å². The Morgan fingerprint density at radius 3 is 2.08 bits per heavy atom. The lowest BCUT2D eigenvalue weighted by Gasteiger charge is -2.07. The van der Waals surface area contributed by atoms with Gasteiger partial charge in [-0.1, -0.05) is 40.9 Å². The minimum Gasteiger partial charge on any atom is -0.384 e. The third kappa shape index (κ3) is 2.38. The van der Waals surface area contributed by atoms with Crippen LogP contribution in [0, 0.1) is 0 Å². The molecular weight excluding hydrogens is 230 g/mol. The third-order valence-corrected chi connectivity index (χ3v) is 2.77. The molecule has 0 saturated heterocycles. The van der Waals surface area contributed by atoms with Crippen molar-refractivity contribution >= 4 is 34.8 Å². The van der Waals surface area contributed by atoms with Crippen molar-refractivity contribution in [2.75, 3.05) is 0 Å². The SMILES string of the molecule is C=CC(O)c1cc(Cl)c(Cl)c(Cl)c1. The molecule has 0 aliphatic rings. The van der Waals surface area contributed by atoms with Crippen molar-refractivity contribution in [3.05, 3.63) is 45.4 Å². The van der Waals surface area contributed by atoms with Crippen molar-refractivity contribution in [2.24, 2.45) is 0 Å². The molecule has 0 amide bonds. The molecule has 1 unspecified atom stereocenters. The van der Waals surface area contributed by atoms with E-state index in [1.54, 1.807) is 12.1 Å². The molecule has 13 heavy (non-hydrogen) atoms. The van der Waals surface area contributed by atoms with Gasteiger partial charge in [-0.3, -0.25) is 0 Å². The molecule has 1 aromatic rings. The smallest absolute Gasteiger partial charge is 0.0970 e. The van der Waals surface area contributed by atoms with E-state index in [2.05, 4.69) is 6.58 Å². The summed E-state index contributed by atoms with van der Waals surface area (Å²) in [6.07, 6.45) is 0.614. The minimum atomic E-state index is -0.771. The molecule has 0 radical (unpaired) electrons. The number of halogens is 3. The van der Waals surface area contributed by atoms with Crippen LogP contribution in [-0.4, -0.2) is 5.11 Å². The second-order valence-corrected chi connectivity index (χ2v) is 3.67. The molecule has 70 valence electrons. The molecule has 0 aromatic heterocycles. The Kier molecular flexibility index (Phi) is 3.63. The number of aliphatic hydroxyl groups is 1. The van der Waals surface area contributed by atoms with E-state index >= 15 is 0 Å². The minimum absolute atomic E-state index is 0.295. The summed E-state index contributed by atoms with van der Waals surface area (Å²) >= 11 is 17.2. The maximum Gasteiger partial charge on any atom is 0.0970 e. The summed E-state index contributed by atoms with van der Waals surface area (Å²) in [6, 6.07) is 3.12. The van der Waals surface area contributed by atoms with Crippen LogP contribution in [0.3, 0.4) is 0 Å². The molecule has 0 fully saturated rings. The van der Waals surface area contributed by atoms with E-state index in [1.165, 1.54) is 6.08 Å². The van der Waals surface area contributed by atoms with Crippen molar-refractivity contribution in [3.8, 4) is 0 Å². The van der Waals surface area contributed by atoms with Gasteiger partial charge in [0.2, 0.25) is 0 Å². The van der Waals surface area contributed by atoms with Gasteiger partial charge in [0.15, 0.2) is 0 Å². The van der Waals surface area contributed by atoms with Gasteiger partial charge in [-0.15, -0.1) is 6.58 Å². The van der Waals surface area contributed by atoms with Crippen molar-refractivity contribution < 1.29 is 5.11 Å². The van der Waals surface area contributed by atoms with Gasteiger partial charge in [-0.2, -0.15) is 0 Å². The Bertz CT molecular complexity index is 313. The molecule has 4 heteroatoms. The molecule has 1 aromatic carbocycles. The second-order valence-electron chi connectivity index (χ2n) is 2.48. The van der Waals surface area contributed by atoms with E-state index in [0.717, 1.165) is 0 Å². The Labute approximate surface area is 91.5 Å². The van der Waals surface area contributed by atoms with Gasteiger partial charge in [-0.05, 0) is 17.7 Å². The Morgan fingerprint density at radius 2 is 1.69 bits per heavy atom. The van der Waals surface area contributed by atoms with Gasteiger partial charge in [0.05, 0.1) is 21.2 Å². The normalized spacial score (nSPS) is 12.6. The number of benzene rings is 1. The molecule has 0 bridgehead atoms. The standard InChI is InChI=1S/C9H7Cl3O/c1-2-8(13)5-3-6(10)9(12)7(11)4-5/h2-4,8,13H,1H2. The van der Waals surface area contributed by atoms with Crippen LogP contribution in [0.15, 0.2) is 24.8 Å². The maximum absolute atomic E-state index is 9.39. The summed E-state index contributed by atoms with van der Waals surface area (Å²) in [4.78, 5) is 0. The summed E-state index contributed by atoms with van der Waals surface area (Å²) in [5.41, 5.74) is 0.578. The summed E-state index contributed by atoms with van der Waals surface area (Å²) in [5.74, 6) is 0. The zero-order valence-electron chi connectivity index (χ0n) is 6.60. The molecule has 0 aliphatic heterocycles. The highest BCUT2D eigenvalue weighted by Gasteiger charge is 2.09. The lowest BCUT2D eigenvalue weighted by Crippen LogP contribution is -1.92. The molecule has 1 nitrogen and oxygen atoms in total. The van der Waals surface area contributed by atoms with Crippen molar-refractivity contribution in [3.63, 3.8) is 0 Å². The van der Waals surface area contributed by atoms with E-state index < -0.39 is 6.10 Å². The Morgan fingerprint density at radius 1 is 1.23 bits per heavy atom. The molecule has 1 rings (SSSR count). The lowest BCUT2D eigenvalue weighted by molar-refractivity contribution is 0.229. The van der Waals surface area contributed by atoms with Gasteiger partial charge in [-0.25, -0.2) is 0 Å². The maximum atomic E-state index is 9.39. The quantitative estimate of drug-likeness (QED) is 0.611. The van der Waals surface area contributed by atoms with Crippen LogP contribution >= 0.6 is 34.8 Å². The van der Waals surface area contributed by atoms with Gasteiger partial charge in [0, 0.05) is 0 Å². The summed E-state index contributed by atoms with van der Waals surface area (Å²) in [6.45, 7) is 3.45.